The zero-order chi connectivity index (χ0) is 38.8. The van der Waals surface area contributed by atoms with Gasteiger partial charge in [-0.2, -0.15) is 0 Å². The Hall–Kier alpha value is -6.26. The third kappa shape index (κ3) is 7.04. The third-order valence-corrected chi connectivity index (χ3v) is 11.8. The van der Waals surface area contributed by atoms with Crippen LogP contribution in [0.5, 0.6) is 11.5 Å². The summed E-state index contributed by atoms with van der Waals surface area (Å²) in [4.78, 5) is 90.8. The van der Waals surface area contributed by atoms with Crippen LogP contribution in [-0.4, -0.2) is 45.8 Å². The molecule has 4 aromatic rings. The molecule has 8 aliphatic rings. The van der Waals surface area contributed by atoms with Gasteiger partial charge in [-0.1, -0.05) is 29.6 Å². The normalized spacial score (nSPS) is 17.7. The number of carbonyl (C=O) groups is 8. The van der Waals surface area contributed by atoms with E-state index in [-0.39, 0.29) is 58.6 Å². The van der Waals surface area contributed by atoms with E-state index >= 15 is 0 Å². The van der Waals surface area contributed by atoms with Crippen LogP contribution in [0, 0.1) is 0 Å². The van der Waals surface area contributed by atoms with Gasteiger partial charge in [0.05, 0.1) is 38.5 Å². The van der Waals surface area contributed by atoms with E-state index in [2.05, 4.69) is 21.3 Å². The van der Waals surface area contributed by atoms with E-state index in [0.29, 0.717) is 50.0 Å². The summed E-state index contributed by atoms with van der Waals surface area (Å²) in [5, 5.41) is 11.4. The molecule has 0 bridgehead atoms. The molecule has 56 heavy (non-hydrogen) atoms. The monoisotopic (exact) mass is 788 g/mol. The highest BCUT2D eigenvalue weighted by atomic mass is 32.2. The Kier molecular flexibility index (Phi) is 8.73. The first kappa shape index (κ1) is 35.4. The van der Waals surface area contributed by atoms with Crippen molar-refractivity contribution in [2.45, 2.75) is 61.2 Å². The molecule has 4 amide bonds. The fraction of sp³-hybridized carbons (Fsp3) is 0.200. The Morgan fingerprint density at radius 2 is 0.714 bits per heavy atom. The Morgan fingerprint density at radius 3 is 1.11 bits per heavy atom. The lowest BCUT2D eigenvalue weighted by atomic mass is 10.1. The van der Waals surface area contributed by atoms with E-state index in [1.54, 1.807) is 12.1 Å². The molecule has 0 saturated carbocycles. The summed E-state index contributed by atoms with van der Waals surface area (Å²) in [5.74, 6) is 0.708. The number of thioether (sulfide) groups is 2. The molecule has 16 heteroatoms. The molecule has 0 atom stereocenters. The summed E-state index contributed by atoms with van der Waals surface area (Å²) in [5.41, 5.74) is 11.0. The van der Waals surface area contributed by atoms with Crippen molar-refractivity contribution in [2.24, 2.45) is 0 Å². The number of benzene rings is 4. The first-order valence-corrected chi connectivity index (χ1v) is 19.2. The molecule has 0 aliphatic carbocycles. The van der Waals surface area contributed by atoms with Crippen LogP contribution in [-0.2, 0) is 89.7 Å². The van der Waals surface area contributed by atoms with E-state index in [9.17, 15) is 38.4 Å². The second kappa shape index (κ2) is 13.8. The molecule has 14 nitrogen and oxygen atoms in total. The standard InChI is InChI=1S/2C10H8N2O2.C10H6O4.C10H6O2S2/c13-9-3-5-1-7-6(2-8(5)12-9)4-10(14)11-7;13-9-2-5-1-6-3-10(14)12-8(6)4-7(5)11-9;2*11-9-3-5-1-7-6(2-8(5)14-9)4-10(12)13-7/h1-2H,3-4H2,(H,11,14)(H,12,13);1,4H,2-3H2,(H,11,13)(H,12,14);2*1-2H,3-4H2. The van der Waals surface area contributed by atoms with Gasteiger partial charge in [-0.15, -0.1) is 0 Å². The van der Waals surface area contributed by atoms with Gasteiger partial charge in [0.25, 0.3) is 0 Å². The van der Waals surface area contributed by atoms with Crippen molar-refractivity contribution in [1.82, 2.24) is 0 Å². The molecule has 0 spiro atoms. The summed E-state index contributed by atoms with van der Waals surface area (Å²) in [6.07, 6.45) is 3.25. The van der Waals surface area contributed by atoms with E-state index in [0.717, 1.165) is 77.0 Å². The van der Waals surface area contributed by atoms with Crippen LogP contribution in [0.2, 0.25) is 0 Å². The van der Waals surface area contributed by atoms with Gasteiger partial charge in [-0.3, -0.25) is 38.4 Å². The average Bonchev–Trinajstić information content (AvgIpc) is 3.98. The molecular formula is C40H28N4O10S2. The summed E-state index contributed by atoms with van der Waals surface area (Å²) >= 11 is 2.60. The molecule has 0 aromatic heterocycles. The van der Waals surface area contributed by atoms with E-state index < -0.39 is 0 Å². The maximum absolute atomic E-state index is 11.2. The maximum Gasteiger partial charge on any atom is 0.315 e. The number of hydrogen-bond donors (Lipinski definition) is 4. The van der Waals surface area contributed by atoms with Crippen molar-refractivity contribution >= 4 is 92.1 Å². The molecular weight excluding hydrogens is 761 g/mol. The summed E-state index contributed by atoms with van der Waals surface area (Å²) in [6, 6.07) is 14.9. The minimum atomic E-state index is -0.255. The van der Waals surface area contributed by atoms with Gasteiger partial charge < -0.3 is 30.7 Å². The minimum absolute atomic E-state index is 0.0231. The lowest BCUT2D eigenvalue weighted by Crippen LogP contribution is -2.05. The third-order valence-electron chi connectivity index (χ3n) is 9.88. The number of ether oxygens (including phenoxy) is 2. The lowest BCUT2D eigenvalue weighted by Gasteiger charge is -2.02. The molecule has 0 saturated heterocycles. The molecule has 4 aromatic carbocycles. The first-order valence-electron chi connectivity index (χ1n) is 17.5. The van der Waals surface area contributed by atoms with Gasteiger partial charge in [0.2, 0.25) is 23.6 Å². The van der Waals surface area contributed by atoms with E-state index in [1.165, 1.54) is 23.5 Å². The highest BCUT2D eigenvalue weighted by molar-refractivity contribution is 8.14. The van der Waals surface area contributed by atoms with Crippen molar-refractivity contribution < 1.29 is 47.8 Å². The van der Waals surface area contributed by atoms with Crippen molar-refractivity contribution in [3.8, 4) is 11.5 Å². The molecule has 8 aliphatic heterocycles. The van der Waals surface area contributed by atoms with Gasteiger partial charge in [-0.25, -0.2) is 0 Å². The number of hydrogen-bond acceptors (Lipinski definition) is 12. The van der Waals surface area contributed by atoms with E-state index in [1.807, 2.05) is 36.4 Å². The molecule has 0 unspecified atom stereocenters. The zero-order valence-corrected chi connectivity index (χ0v) is 30.8. The van der Waals surface area contributed by atoms with Crippen LogP contribution in [0.25, 0.3) is 0 Å². The van der Waals surface area contributed by atoms with Gasteiger partial charge in [-0.05, 0) is 75.8 Å². The van der Waals surface area contributed by atoms with Crippen molar-refractivity contribution in [1.29, 1.82) is 0 Å². The number of nitrogens with one attached hydrogen (secondary N) is 4. The molecule has 280 valence electrons. The van der Waals surface area contributed by atoms with Gasteiger partial charge >= 0.3 is 11.9 Å². The van der Waals surface area contributed by atoms with Crippen LogP contribution < -0.4 is 30.7 Å². The molecule has 8 heterocycles. The topological polar surface area (TPSA) is 203 Å². The van der Waals surface area contributed by atoms with Crippen LogP contribution in [0.4, 0.5) is 22.7 Å². The Labute approximate surface area is 325 Å². The number of anilines is 4. The van der Waals surface area contributed by atoms with E-state index in [4.69, 9.17) is 9.47 Å². The van der Waals surface area contributed by atoms with Gasteiger partial charge in [0, 0.05) is 56.5 Å². The Morgan fingerprint density at radius 1 is 0.357 bits per heavy atom. The Balaban J connectivity index is 0.0000000975. The van der Waals surface area contributed by atoms with Gasteiger partial charge in [0.15, 0.2) is 10.2 Å². The molecule has 12 rings (SSSR count). The molecule has 0 radical (unpaired) electrons. The molecule has 0 fully saturated rings. The van der Waals surface area contributed by atoms with Gasteiger partial charge in [0.1, 0.15) is 11.5 Å². The summed E-state index contributed by atoms with van der Waals surface area (Å²) in [6.45, 7) is 0. The second-order valence-electron chi connectivity index (χ2n) is 14.0. The largest absolute Gasteiger partial charge is 0.426 e. The average molecular weight is 789 g/mol. The SMILES string of the molecule is O=C1Cc2cc3c(cc2N1)CC(=O)N3.O=C1Cc2cc3c(cc2N1)NC(=O)C3.O=C1Cc2cc3c(cc2O1)CC(=O)O3.O=C1Cc2cc3c(cc2S1)CC(=O)S3. The number of fused-ring (bicyclic) bond motifs is 8. The summed E-state index contributed by atoms with van der Waals surface area (Å²) < 4.78 is 9.92. The smallest absolute Gasteiger partial charge is 0.315 e. The number of esters is 2. The van der Waals surface area contributed by atoms with Crippen LogP contribution in [0.3, 0.4) is 0 Å². The highest BCUT2D eigenvalue weighted by Gasteiger charge is 2.29. The number of carbonyl (C=O) groups excluding carboxylic acids is 8. The fourth-order valence-corrected chi connectivity index (χ4v) is 9.26. The quantitative estimate of drug-likeness (QED) is 0.148. The molecule has 4 N–H and O–H groups in total. The minimum Gasteiger partial charge on any atom is -0.426 e. The fourth-order valence-electron chi connectivity index (χ4n) is 7.38. The summed E-state index contributed by atoms with van der Waals surface area (Å²) in [7, 11) is 0. The number of amides is 4. The first-order chi connectivity index (χ1) is 26.9. The van der Waals surface area contributed by atoms with Crippen LogP contribution >= 0.6 is 23.5 Å². The van der Waals surface area contributed by atoms with Crippen molar-refractivity contribution in [2.75, 3.05) is 21.3 Å². The van der Waals surface area contributed by atoms with Crippen molar-refractivity contribution in [3.63, 3.8) is 0 Å². The number of rotatable bonds is 0. The van der Waals surface area contributed by atoms with Crippen molar-refractivity contribution in [3.05, 3.63) is 93.0 Å². The van der Waals surface area contributed by atoms with Crippen LogP contribution in [0.1, 0.15) is 44.5 Å². The predicted molar refractivity (Wildman–Crippen MR) is 203 cm³/mol. The Bertz CT molecular complexity index is 1900. The lowest BCUT2D eigenvalue weighted by molar-refractivity contribution is -0.132. The maximum atomic E-state index is 11.2. The second-order valence-corrected chi connectivity index (χ2v) is 16.2. The van der Waals surface area contributed by atoms with Crippen LogP contribution in [0.15, 0.2) is 58.3 Å². The highest BCUT2D eigenvalue weighted by Crippen LogP contribution is 2.41. The predicted octanol–water partition coefficient (Wildman–Crippen LogP) is 4.00. The zero-order valence-electron chi connectivity index (χ0n) is 29.2.